The summed E-state index contributed by atoms with van der Waals surface area (Å²) in [5.41, 5.74) is -0.921. The molecule has 0 atom stereocenters. The first-order valence-electron chi connectivity index (χ1n) is 3.17. The number of rotatable bonds is 2. The van der Waals surface area contributed by atoms with Crippen molar-refractivity contribution in [3.63, 3.8) is 0 Å². The first-order valence-corrected chi connectivity index (χ1v) is 3.61. The highest BCUT2D eigenvalue weighted by Gasteiger charge is 2.10. The highest BCUT2D eigenvalue weighted by atomic mass is 32.1. The molecule has 1 heterocycles. The molecular formula is C5H6N4O3S. The van der Waals surface area contributed by atoms with Gasteiger partial charge in [0, 0.05) is 0 Å². The van der Waals surface area contributed by atoms with Gasteiger partial charge in [-0.05, 0) is 0 Å². The number of hydrogen-bond acceptors (Lipinski definition) is 6. The molecule has 3 N–H and O–H groups in total. The largest absolute Gasteiger partial charge is 0.481 e. The van der Waals surface area contributed by atoms with Crippen LogP contribution in [-0.4, -0.2) is 25.9 Å². The van der Waals surface area contributed by atoms with Crippen LogP contribution in [0.4, 0.5) is 0 Å². The maximum Gasteiger partial charge on any atom is 0.309 e. The van der Waals surface area contributed by atoms with Gasteiger partial charge in [0.2, 0.25) is 5.16 Å². The molecular weight excluding hydrogens is 196 g/mol. The maximum absolute atomic E-state index is 11.1. The number of aliphatic carboxylic acids is 1. The molecule has 0 aromatic carbocycles. The quantitative estimate of drug-likeness (QED) is 0.388. The van der Waals surface area contributed by atoms with Gasteiger partial charge in [0.25, 0.3) is 5.56 Å². The minimum Gasteiger partial charge on any atom is -0.481 e. The Morgan fingerprint density at radius 1 is 1.62 bits per heavy atom. The Morgan fingerprint density at radius 2 is 2.23 bits per heavy atom. The maximum atomic E-state index is 11.1. The Kier molecular flexibility index (Phi) is 2.52. The van der Waals surface area contributed by atoms with Gasteiger partial charge in [0.05, 0.1) is 6.42 Å². The first-order chi connectivity index (χ1) is 6.02. The topological polar surface area (TPSA) is 111 Å². The van der Waals surface area contributed by atoms with E-state index < -0.39 is 17.9 Å². The summed E-state index contributed by atoms with van der Waals surface area (Å²) in [6.45, 7) is 0. The van der Waals surface area contributed by atoms with E-state index in [4.69, 9.17) is 10.9 Å². The molecule has 0 saturated heterocycles. The monoisotopic (exact) mass is 202 g/mol. The Morgan fingerprint density at radius 3 is 2.77 bits per heavy atom. The second-order valence-electron chi connectivity index (χ2n) is 2.19. The molecule has 8 heteroatoms. The van der Waals surface area contributed by atoms with Crippen LogP contribution < -0.4 is 11.4 Å². The number of nitrogens with zero attached hydrogens (tertiary/aromatic N) is 3. The van der Waals surface area contributed by atoms with Crippen LogP contribution >= 0.6 is 12.6 Å². The third kappa shape index (κ3) is 1.96. The van der Waals surface area contributed by atoms with Gasteiger partial charge in [-0.2, -0.15) is 4.68 Å². The van der Waals surface area contributed by atoms with E-state index in [1.165, 1.54) is 0 Å². The fourth-order valence-corrected chi connectivity index (χ4v) is 0.816. The van der Waals surface area contributed by atoms with Crippen molar-refractivity contribution in [1.82, 2.24) is 14.9 Å². The smallest absolute Gasteiger partial charge is 0.309 e. The Labute approximate surface area is 77.6 Å². The summed E-state index contributed by atoms with van der Waals surface area (Å²) in [5.74, 6) is 4.02. The Hall–Kier alpha value is -1.57. The number of aromatic nitrogens is 3. The van der Waals surface area contributed by atoms with Gasteiger partial charge < -0.3 is 10.9 Å². The van der Waals surface area contributed by atoms with Crippen LogP contribution in [-0.2, 0) is 11.2 Å². The molecule has 1 rings (SSSR count). The molecule has 0 bridgehead atoms. The molecule has 7 nitrogen and oxygen atoms in total. The second kappa shape index (κ2) is 3.44. The van der Waals surface area contributed by atoms with Gasteiger partial charge in [-0.15, -0.1) is 22.8 Å². The van der Waals surface area contributed by atoms with Gasteiger partial charge in [0.15, 0.2) is 0 Å². The molecule has 70 valence electrons. The van der Waals surface area contributed by atoms with Crippen molar-refractivity contribution in [2.24, 2.45) is 0 Å². The van der Waals surface area contributed by atoms with E-state index in [1.54, 1.807) is 0 Å². The second-order valence-corrected chi connectivity index (χ2v) is 2.59. The highest BCUT2D eigenvalue weighted by molar-refractivity contribution is 7.80. The molecule has 0 radical (unpaired) electrons. The lowest BCUT2D eigenvalue weighted by Crippen LogP contribution is -2.33. The highest BCUT2D eigenvalue weighted by Crippen LogP contribution is 1.93. The summed E-state index contributed by atoms with van der Waals surface area (Å²) < 4.78 is 0.633. The molecule has 1 aromatic rings. The summed E-state index contributed by atoms with van der Waals surface area (Å²) in [6, 6.07) is 0. The van der Waals surface area contributed by atoms with Gasteiger partial charge in [-0.1, -0.05) is 0 Å². The standard InChI is InChI=1S/C5H6N4O3S/c6-9-4(12)2(1-3(10)11)7-8-5(9)13/h1,6H2,(H,8,13)(H,10,11). The van der Waals surface area contributed by atoms with Crippen LogP contribution in [0.2, 0.25) is 0 Å². The fraction of sp³-hybridized carbons (Fsp3) is 0.200. The predicted molar refractivity (Wildman–Crippen MR) is 45.0 cm³/mol. The minimum atomic E-state index is -1.17. The number of carboxylic acids is 1. The number of nitrogens with two attached hydrogens (primary N) is 1. The van der Waals surface area contributed by atoms with Gasteiger partial charge >= 0.3 is 5.97 Å². The summed E-state index contributed by atoms with van der Waals surface area (Å²) in [5, 5.41) is 15.0. The lowest BCUT2D eigenvalue weighted by Gasteiger charge is -2.00. The van der Waals surface area contributed by atoms with Crippen molar-refractivity contribution in [2.45, 2.75) is 11.6 Å². The molecule has 0 aliphatic heterocycles. The SMILES string of the molecule is Nn1c(S)nnc(CC(=O)O)c1=O. The zero-order valence-corrected chi connectivity index (χ0v) is 7.23. The van der Waals surface area contributed by atoms with Crippen molar-refractivity contribution in [1.29, 1.82) is 0 Å². The first kappa shape index (κ1) is 9.52. The van der Waals surface area contributed by atoms with E-state index in [0.717, 1.165) is 0 Å². The minimum absolute atomic E-state index is 0.0702. The van der Waals surface area contributed by atoms with Crippen LogP contribution in [0.25, 0.3) is 0 Å². The van der Waals surface area contributed by atoms with Crippen LogP contribution in [0.5, 0.6) is 0 Å². The third-order valence-electron chi connectivity index (χ3n) is 1.26. The number of hydrogen-bond donors (Lipinski definition) is 3. The molecule has 1 aromatic heterocycles. The van der Waals surface area contributed by atoms with Crippen molar-refractivity contribution >= 4 is 18.6 Å². The summed E-state index contributed by atoms with van der Waals surface area (Å²) in [6.07, 6.45) is -0.503. The van der Waals surface area contributed by atoms with Crippen molar-refractivity contribution in [3.8, 4) is 0 Å². The zero-order chi connectivity index (χ0) is 10.0. The van der Waals surface area contributed by atoms with E-state index in [2.05, 4.69) is 22.8 Å². The zero-order valence-electron chi connectivity index (χ0n) is 6.34. The molecule has 0 amide bonds. The number of nitrogen functional groups attached to an aromatic ring is 1. The molecule has 0 spiro atoms. The van der Waals surface area contributed by atoms with Crippen LogP contribution in [0.15, 0.2) is 9.95 Å². The lowest BCUT2D eigenvalue weighted by molar-refractivity contribution is -0.136. The average molecular weight is 202 g/mol. The molecule has 0 unspecified atom stereocenters. The van der Waals surface area contributed by atoms with Crippen LogP contribution in [0, 0.1) is 0 Å². The van der Waals surface area contributed by atoms with E-state index in [9.17, 15) is 9.59 Å². The molecule has 0 aliphatic rings. The third-order valence-corrected chi connectivity index (χ3v) is 1.56. The average Bonchev–Trinajstić information content (AvgIpc) is 2.06. The number of thiol groups is 1. The van der Waals surface area contributed by atoms with Crippen molar-refractivity contribution in [3.05, 3.63) is 16.0 Å². The van der Waals surface area contributed by atoms with Gasteiger partial charge in [-0.25, -0.2) is 0 Å². The van der Waals surface area contributed by atoms with E-state index in [1.807, 2.05) is 0 Å². The number of carboxylic acid groups (broad SMARTS) is 1. The Balaban J connectivity index is 3.19. The fourth-order valence-electron chi connectivity index (χ4n) is 0.680. The predicted octanol–water partition coefficient (Wildman–Crippen LogP) is -1.73. The van der Waals surface area contributed by atoms with E-state index in [0.29, 0.717) is 4.68 Å². The van der Waals surface area contributed by atoms with Crippen LogP contribution in [0.1, 0.15) is 5.69 Å². The molecule has 13 heavy (non-hydrogen) atoms. The van der Waals surface area contributed by atoms with E-state index in [-0.39, 0.29) is 10.9 Å². The Bertz CT molecular complexity index is 401. The molecule has 0 aliphatic carbocycles. The number of carbonyl (C=O) groups is 1. The molecule has 0 fully saturated rings. The van der Waals surface area contributed by atoms with Gasteiger partial charge in [0.1, 0.15) is 5.69 Å². The van der Waals surface area contributed by atoms with Crippen molar-refractivity contribution < 1.29 is 9.90 Å². The van der Waals surface area contributed by atoms with E-state index >= 15 is 0 Å². The van der Waals surface area contributed by atoms with Gasteiger partial charge in [-0.3, -0.25) is 9.59 Å². The van der Waals surface area contributed by atoms with Crippen LogP contribution in [0.3, 0.4) is 0 Å². The van der Waals surface area contributed by atoms with Crippen molar-refractivity contribution in [2.75, 3.05) is 5.84 Å². The lowest BCUT2D eigenvalue weighted by atomic mass is 10.3. The summed E-state index contributed by atoms with van der Waals surface area (Å²) >= 11 is 3.72. The molecule has 0 saturated carbocycles. The summed E-state index contributed by atoms with van der Waals surface area (Å²) in [4.78, 5) is 21.4. The summed E-state index contributed by atoms with van der Waals surface area (Å²) in [7, 11) is 0. The normalized spacial score (nSPS) is 9.92.